The maximum Gasteiger partial charge on any atom is 0.309 e. The molecule has 0 unspecified atom stereocenters. The van der Waals surface area contributed by atoms with Crippen molar-refractivity contribution >= 4 is 17.6 Å². The van der Waals surface area contributed by atoms with E-state index < -0.39 is 11.4 Å². The molecule has 2 rings (SSSR count). The van der Waals surface area contributed by atoms with Crippen LogP contribution in [0, 0.1) is 5.41 Å². The lowest BCUT2D eigenvalue weighted by Gasteiger charge is -2.36. The van der Waals surface area contributed by atoms with Gasteiger partial charge in [-0.1, -0.05) is 6.07 Å². The lowest BCUT2D eigenvalue weighted by molar-refractivity contribution is -0.150. The standard InChI is InChI=1S/C16H22N2O3/c1-16(15(20)21)7-9-18(10-8-16)14(19)12-5-4-6-13(11-12)17(2)3/h4-6,11H,7-10H2,1-3H3,(H,20,21). The van der Waals surface area contributed by atoms with Gasteiger partial charge in [0, 0.05) is 38.4 Å². The Labute approximate surface area is 125 Å². The number of likely N-dealkylation sites (tertiary alicyclic amines) is 1. The summed E-state index contributed by atoms with van der Waals surface area (Å²) in [6.07, 6.45) is 1.00. The zero-order valence-electron chi connectivity index (χ0n) is 12.8. The largest absolute Gasteiger partial charge is 0.481 e. The van der Waals surface area contributed by atoms with Gasteiger partial charge in [0.25, 0.3) is 5.91 Å². The summed E-state index contributed by atoms with van der Waals surface area (Å²) in [6.45, 7) is 2.74. The van der Waals surface area contributed by atoms with Crippen LogP contribution in [-0.2, 0) is 4.79 Å². The summed E-state index contributed by atoms with van der Waals surface area (Å²) in [5.41, 5.74) is 0.927. The zero-order valence-corrected chi connectivity index (χ0v) is 12.8. The molecule has 0 saturated carbocycles. The fourth-order valence-electron chi connectivity index (χ4n) is 2.52. The summed E-state index contributed by atoms with van der Waals surface area (Å²) in [6, 6.07) is 7.50. The number of hydrogen-bond acceptors (Lipinski definition) is 3. The number of carboxylic acids is 1. The average molecular weight is 290 g/mol. The second-order valence-corrected chi connectivity index (χ2v) is 6.10. The molecule has 0 aromatic heterocycles. The number of carboxylic acid groups (broad SMARTS) is 1. The Morgan fingerprint density at radius 1 is 1.24 bits per heavy atom. The quantitative estimate of drug-likeness (QED) is 0.926. The van der Waals surface area contributed by atoms with Gasteiger partial charge < -0.3 is 14.9 Å². The monoisotopic (exact) mass is 290 g/mol. The minimum absolute atomic E-state index is 0.0221. The maximum absolute atomic E-state index is 12.5. The molecule has 1 N–H and O–H groups in total. The fourth-order valence-corrected chi connectivity index (χ4v) is 2.52. The van der Waals surface area contributed by atoms with Crippen molar-refractivity contribution in [1.82, 2.24) is 4.90 Å². The van der Waals surface area contributed by atoms with Crippen molar-refractivity contribution < 1.29 is 14.7 Å². The Morgan fingerprint density at radius 2 is 1.86 bits per heavy atom. The van der Waals surface area contributed by atoms with Crippen LogP contribution in [0.15, 0.2) is 24.3 Å². The van der Waals surface area contributed by atoms with Crippen LogP contribution in [-0.4, -0.2) is 49.1 Å². The van der Waals surface area contributed by atoms with Gasteiger partial charge in [-0.2, -0.15) is 0 Å². The molecule has 1 aromatic rings. The SMILES string of the molecule is CN(C)c1cccc(C(=O)N2CCC(C)(C(=O)O)CC2)c1. The minimum Gasteiger partial charge on any atom is -0.481 e. The number of anilines is 1. The van der Waals surface area contributed by atoms with Crippen LogP contribution < -0.4 is 4.90 Å². The second-order valence-electron chi connectivity index (χ2n) is 6.10. The Hall–Kier alpha value is -2.04. The molecule has 1 aliphatic rings. The molecule has 1 fully saturated rings. The first-order valence-corrected chi connectivity index (χ1v) is 7.13. The molecule has 1 aliphatic heterocycles. The summed E-state index contributed by atoms with van der Waals surface area (Å²) in [4.78, 5) is 27.5. The third-order valence-electron chi connectivity index (χ3n) is 4.28. The highest BCUT2D eigenvalue weighted by atomic mass is 16.4. The van der Waals surface area contributed by atoms with Crippen molar-refractivity contribution in [2.75, 3.05) is 32.1 Å². The third kappa shape index (κ3) is 3.17. The Bertz CT molecular complexity index is 546. The van der Waals surface area contributed by atoms with Crippen molar-refractivity contribution in [3.05, 3.63) is 29.8 Å². The van der Waals surface area contributed by atoms with Gasteiger partial charge in [-0.05, 0) is 38.0 Å². The number of rotatable bonds is 3. The van der Waals surface area contributed by atoms with E-state index in [9.17, 15) is 14.7 Å². The highest BCUT2D eigenvalue weighted by Gasteiger charge is 2.38. The summed E-state index contributed by atoms with van der Waals surface area (Å²) in [5, 5.41) is 9.23. The van der Waals surface area contributed by atoms with E-state index in [1.54, 1.807) is 17.9 Å². The molecule has 114 valence electrons. The van der Waals surface area contributed by atoms with E-state index in [-0.39, 0.29) is 5.91 Å². The summed E-state index contributed by atoms with van der Waals surface area (Å²) in [7, 11) is 3.87. The fraction of sp³-hybridized carbons (Fsp3) is 0.500. The molecule has 1 aromatic carbocycles. The van der Waals surface area contributed by atoms with Crippen molar-refractivity contribution in [2.24, 2.45) is 5.41 Å². The molecule has 5 nitrogen and oxygen atoms in total. The van der Waals surface area contributed by atoms with E-state index in [0.717, 1.165) is 5.69 Å². The van der Waals surface area contributed by atoms with Crippen LogP contribution in [0.3, 0.4) is 0 Å². The molecule has 1 heterocycles. The first-order chi connectivity index (χ1) is 9.83. The highest BCUT2D eigenvalue weighted by molar-refractivity contribution is 5.95. The van der Waals surface area contributed by atoms with Gasteiger partial charge >= 0.3 is 5.97 Å². The van der Waals surface area contributed by atoms with Crippen LogP contribution >= 0.6 is 0 Å². The van der Waals surface area contributed by atoms with Crippen molar-refractivity contribution in [1.29, 1.82) is 0 Å². The molecule has 1 saturated heterocycles. The second kappa shape index (κ2) is 5.76. The summed E-state index contributed by atoms with van der Waals surface area (Å²) < 4.78 is 0. The molecule has 0 radical (unpaired) electrons. The first-order valence-electron chi connectivity index (χ1n) is 7.13. The number of piperidine rings is 1. The third-order valence-corrected chi connectivity index (χ3v) is 4.28. The van der Waals surface area contributed by atoms with Crippen LogP contribution in [0.5, 0.6) is 0 Å². The molecule has 1 amide bonds. The Kier molecular flexibility index (Phi) is 4.21. The smallest absolute Gasteiger partial charge is 0.309 e. The number of carbonyl (C=O) groups is 2. The zero-order chi connectivity index (χ0) is 15.6. The van der Waals surface area contributed by atoms with Gasteiger partial charge in [0.1, 0.15) is 0 Å². The molecule has 5 heteroatoms. The highest BCUT2D eigenvalue weighted by Crippen LogP contribution is 2.31. The number of benzene rings is 1. The van der Waals surface area contributed by atoms with E-state index in [2.05, 4.69) is 0 Å². The molecular weight excluding hydrogens is 268 g/mol. The van der Waals surface area contributed by atoms with E-state index in [0.29, 0.717) is 31.5 Å². The predicted molar refractivity (Wildman–Crippen MR) is 81.6 cm³/mol. The summed E-state index contributed by atoms with van der Waals surface area (Å²) >= 11 is 0. The van der Waals surface area contributed by atoms with E-state index in [1.165, 1.54) is 0 Å². The topological polar surface area (TPSA) is 60.9 Å². The van der Waals surface area contributed by atoms with Gasteiger partial charge in [-0.3, -0.25) is 9.59 Å². The normalized spacial score (nSPS) is 17.4. The number of hydrogen-bond donors (Lipinski definition) is 1. The lowest BCUT2D eigenvalue weighted by atomic mass is 9.80. The molecule has 0 atom stereocenters. The van der Waals surface area contributed by atoms with Gasteiger partial charge in [-0.15, -0.1) is 0 Å². The van der Waals surface area contributed by atoms with Gasteiger partial charge in [-0.25, -0.2) is 0 Å². The number of nitrogens with zero attached hydrogens (tertiary/aromatic N) is 2. The Balaban J connectivity index is 2.09. The average Bonchev–Trinajstić information content (AvgIpc) is 2.47. The van der Waals surface area contributed by atoms with Crippen molar-refractivity contribution in [2.45, 2.75) is 19.8 Å². The van der Waals surface area contributed by atoms with Crippen molar-refractivity contribution in [3.63, 3.8) is 0 Å². The predicted octanol–water partition coefficient (Wildman–Crippen LogP) is 2.08. The summed E-state index contributed by atoms with van der Waals surface area (Å²) in [5.74, 6) is -0.796. The number of amides is 1. The van der Waals surface area contributed by atoms with Crippen LogP contribution in [0.4, 0.5) is 5.69 Å². The number of aliphatic carboxylic acids is 1. The number of carbonyl (C=O) groups excluding carboxylic acids is 1. The van der Waals surface area contributed by atoms with E-state index in [4.69, 9.17) is 0 Å². The van der Waals surface area contributed by atoms with Crippen LogP contribution in [0.2, 0.25) is 0 Å². The molecular formula is C16H22N2O3. The molecule has 0 aliphatic carbocycles. The van der Waals surface area contributed by atoms with Crippen LogP contribution in [0.1, 0.15) is 30.1 Å². The van der Waals surface area contributed by atoms with Gasteiger partial charge in [0.05, 0.1) is 5.41 Å². The minimum atomic E-state index is -0.774. The van der Waals surface area contributed by atoms with E-state index in [1.807, 2.05) is 37.2 Å². The van der Waals surface area contributed by atoms with E-state index >= 15 is 0 Å². The Morgan fingerprint density at radius 3 is 2.38 bits per heavy atom. The molecule has 0 spiro atoms. The maximum atomic E-state index is 12.5. The lowest BCUT2D eigenvalue weighted by Crippen LogP contribution is -2.45. The first kappa shape index (κ1) is 15.4. The molecule has 0 bridgehead atoms. The van der Waals surface area contributed by atoms with Crippen molar-refractivity contribution in [3.8, 4) is 0 Å². The van der Waals surface area contributed by atoms with Gasteiger partial charge in [0.2, 0.25) is 0 Å². The molecule has 21 heavy (non-hydrogen) atoms. The van der Waals surface area contributed by atoms with Crippen LogP contribution in [0.25, 0.3) is 0 Å². The van der Waals surface area contributed by atoms with Gasteiger partial charge in [0.15, 0.2) is 0 Å².